The molecule has 1 aromatic carbocycles. The summed E-state index contributed by atoms with van der Waals surface area (Å²) in [6, 6.07) is 8.27. The van der Waals surface area contributed by atoms with Crippen molar-refractivity contribution in [3.8, 4) is 5.75 Å². The first-order valence-corrected chi connectivity index (χ1v) is 5.90. The lowest BCUT2D eigenvalue weighted by Gasteiger charge is -2.27. The van der Waals surface area contributed by atoms with E-state index >= 15 is 0 Å². The van der Waals surface area contributed by atoms with Crippen LogP contribution in [0, 0.1) is 0 Å². The highest BCUT2D eigenvalue weighted by molar-refractivity contribution is 5.93. The van der Waals surface area contributed by atoms with Crippen LogP contribution in [0.3, 0.4) is 0 Å². The van der Waals surface area contributed by atoms with Crippen LogP contribution in [0.4, 0.5) is 0 Å². The maximum absolute atomic E-state index is 6.13. The summed E-state index contributed by atoms with van der Waals surface area (Å²) in [7, 11) is 0. The van der Waals surface area contributed by atoms with Gasteiger partial charge in [-0.25, -0.2) is 0 Å². The molecule has 1 aromatic rings. The highest BCUT2D eigenvalue weighted by atomic mass is 16.5. The second-order valence-corrected chi connectivity index (χ2v) is 4.39. The second-order valence-electron chi connectivity index (χ2n) is 4.39. The monoisotopic (exact) mass is 216 g/mol. The summed E-state index contributed by atoms with van der Waals surface area (Å²) in [4.78, 5) is 4.52. The molecule has 16 heavy (non-hydrogen) atoms. The average molecular weight is 216 g/mol. The van der Waals surface area contributed by atoms with Gasteiger partial charge in [-0.05, 0) is 18.1 Å². The lowest BCUT2D eigenvalue weighted by molar-refractivity contribution is 0.162. The molecule has 1 atom stereocenters. The molecule has 3 rings (SSSR count). The number of benzene rings is 1. The molecule has 3 heteroatoms. The minimum Gasteiger partial charge on any atom is -0.479 e. The number of hydrogen-bond acceptors (Lipinski definition) is 3. The molecule has 2 heterocycles. The van der Waals surface area contributed by atoms with Gasteiger partial charge in [-0.2, -0.15) is 0 Å². The summed E-state index contributed by atoms with van der Waals surface area (Å²) in [5.41, 5.74) is 1.06. The number of aliphatic imine (C=N–C) groups is 1. The topological polar surface area (TPSA) is 33.6 Å². The molecule has 0 aliphatic carbocycles. The molecule has 1 N–H and O–H groups in total. The van der Waals surface area contributed by atoms with Crippen molar-refractivity contribution >= 4 is 5.84 Å². The first kappa shape index (κ1) is 9.70. The molecule has 0 fully saturated rings. The lowest BCUT2D eigenvalue weighted by atomic mass is 9.93. The van der Waals surface area contributed by atoms with Gasteiger partial charge in [0.2, 0.25) is 0 Å². The Labute approximate surface area is 95.5 Å². The molecule has 0 bridgehead atoms. The van der Waals surface area contributed by atoms with Crippen molar-refractivity contribution in [1.82, 2.24) is 5.32 Å². The van der Waals surface area contributed by atoms with Gasteiger partial charge in [-0.3, -0.25) is 4.99 Å². The van der Waals surface area contributed by atoms with Gasteiger partial charge >= 0.3 is 0 Å². The molecular weight excluding hydrogens is 200 g/mol. The molecule has 2 aliphatic heterocycles. The van der Waals surface area contributed by atoms with E-state index in [-0.39, 0.29) is 5.60 Å². The van der Waals surface area contributed by atoms with E-state index in [9.17, 15) is 0 Å². The van der Waals surface area contributed by atoms with Gasteiger partial charge in [-0.15, -0.1) is 0 Å². The Kier molecular flexibility index (Phi) is 2.13. The van der Waals surface area contributed by atoms with Crippen molar-refractivity contribution in [2.75, 3.05) is 13.1 Å². The minimum atomic E-state index is -0.236. The molecule has 0 spiro atoms. The summed E-state index contributed by atoms with van der Waals surface area (Å²) >= 11 is 0. The van der Waals surface area contributed by atoms with Crippen LogP contribution < -0.4 is 10.1 Å². The van der Waals surface area contributed by atoms with Crippen LogP contribution in [0.5, 0.6) is 5.75 Å². The van der Waals surface area contributed by atoms with Crippen molar-refractivity contribution in [1.29, 1.82) is 0 Å². The third-order valence-corrected chi connectivity index (χ3v) is 3.43. The van der Waals surface area contributed by atoms with Gasteiger partial charge in [0.1, 0.15) is 11.6 Å². The first-order valence-electron chi connectivity index (χ1n) is 5.90. The number of nitrogens with zero attached hydrogens (tertiary/aromatic N) is 1. The molecule has 0 radical (unpaired) electrons. The van der Waals surface area contributed by atoms with Crippen LogP contribution in [0.15, 0.2) is 29.3 Å². The number of para-hydroxylation sites is 1. The molecule has 0 saturated carbocycles. The zero-order valence-corrected chi connectivity index (χ0v) is 9.49. The number of ether oxygens (including phenoxy) is 1. The van der Waals surface area contributed by atoms with E-state index in [0.717, 1.165) is 37.5 Å². The van der Waals surface area contributed by atoms with Crippen molar-refractivity contribution in [2.45, 2.75) is 25.4 Å². The van der Waals surface area contributed by atoms with Crippen LogP contribution in [-0.2, 0) is 6.42 Å². The summed E-state index contributed by atoms with van der Waals surface area (Å²) < 4.78 is 6.13. The molecule has 0 saturated heterocycles. The van der Waals surface area contributed by atoms with Crippen LogP contribution in [0.25, 0.3) is 0 Å². The predicted molar refractivity (Wildman–Crippen MR) is 64.1 cm³/mol. The second kappa shape index (κ2) is 3.51. The predicted octanol–water partition coefficient (Wildman–Crippen LogP) is 1.77. The Morgan fingerprint density at radius 3 is 3.00 bits per heavy atom. The quantitative estimate of drug-likeness (QED) is 0.817. The van der Waals surface area contributed by atoms with Crippen LogP contribution in [0.2, 0.25) is 0 Å². The Bertz CT molecular complexity index is 414. The highest BCUT2D eigenvalue weighted by Gasteiger charge is 2.43. The van der Waals surface area contributed by atoms with Gasteiger partial charge in [0, 0.05) is 13.0 Å². The Morgan fingerprint density at radius 1 is 1.44 bits per heavy atom. The standard InChI is InChI=1S/C13H16N2O/c1-2-13(12-14-7-8-15-12)9-10-5-3-4-6-11(10)16-13/h3-6H,2,7-9H2,1H3,(H,14,15)/t13-/m1/s1. The third kappa shape index (κ3) is 1.31. The smallest absolute Gasteiger partial charge is 0.169 e. The molecule has 0 unspecified atom stereocenters. The zero-order chi connectivity index (χ0) is 11.0. The van der Waals surface area contributed by atoms with Gasteiger partial charge in [0.15, 0.2) is 5.60 Å². The largest absolute Gasteiger partial charge is 0.479 e. The Morgan fingerprint density at radius 2 is 2.31 bits per heavy atom. The van der Waals surface area contributed by atoms with Crippen molar-refractivity contribution in [3.05, 3.63) is 29.8 Å². The van der Waals surface area contributed by atoms with E-state index in [0.29, 0.717) is 0 Å². The van der Waals surface area contributed by atoms with E-state index < -0.39 is 0 Å². The number of fused-ring (bicyclic) bond motifs is 1. The number of hydrogen-bond donors (Lipinski definition) is 1. The van der Waals surface area contributed by atoms with Gasteiger partial charge in [-0.1, -0.05) is 25.1 Å². The summed E-state index contributed by atoms with van der Waals surface area (Å²) in [6.07, 6.45) is 1.89. The lowest BCUT2D eigenvalue weighted by Crippen LogP contribution is -2.48. The first-order chi connectivity index (χ1) is 7.84. The van der Waals surface area contributed by atoms with E-state index in [4.69, 9.17) is 4.74 Å². The number of amidine groups is 1. The third-order valence-electron chi connectivity index (χ3n) is 3.43. The molecule has 2 aliphatic rings. The van der Waals surface area contributed by atoms with Crippen LogP contribution in [-0.4, -0.2) is 24.5 Å². The van der Waals surface area contributed by atoms with Gasteiger partial charge in [0.05, 0.1) is 6.54 Å². The summed E-state index contributed by atoms with van der Waals surface area (Å²) in [5, 5.41) is 3.35. The van der Waals surface area contributed by atoms with Crippen molar-refractivity contribution in [2.24, 2.45) is 4.99 Å². The number of rotatable bonds is 2. The van der Waals surface area contributed by atoms with Crippen LogP contribution >= 0.6 is 0 Å². The molecule has 84 valence electrons. The van der Waals surface area contributed by atoms with E-state index in [1.165, 1.54) is 5.56 Å². The van der Waals surface area contributed by atoms with Gasteiger partial charge < -0.3 is 10.1 Å². The van der Waals surface area contributed by atoms with E-state index in [1.807, 2.05) is 12.1 Å². The molecular formula is C13H16N2O. The summed E-state index contributed by atoms with van der Waals surface area (Å²) in [5.74, 6) is 2.05. The highest BCUT2D eigenvalue weighted by Crippen LogP contribution is 2.37. The van der Waals surface area contributed by atoms with Crippen LogP contribution in [0.1, 0.15) is 18.9 Å². The SMILES string of the molecule is CC[C@]1(C2=NCCN2)Cc2ccccc2O1. The van der Waals surface area contributed by atoms with Gasteiger partial charge in [0.25, 0.3) is 0 Å². The van der Waals surface area contributed by atoms with E-state index in [2.05, 4.69) is 29.4 Å². The Balaban J connectivity index is 1.96. The molecule has 3 nitrogen and oxygen atoms in total. The maximum Gasteiger partial charge on any atom is 0.169 e. The van der Waals surface area contributed by atoms with Crippen molar-refractivity contribution < 1.29 is 4.74 Å². The Hall–Kier alpha value is -1.51. The minimum absolute atomic E-state index is 0.236. The fourth-order valence-electron chi connectivity index (χ4n) is 2.50. The maximum atomic E-state index is 6.13. The van der Waals surface area contributed by atoms with Crippen molar-refractivity contribution in [3.63, 3.8) is 0 Å². The zero-order valence-electron chi connectivity index (χ0n) is 9.49. The number of nitrogens with one attached hydrogen (secondary N) is 1. The summed E-state index contributed by atoms with van der Waals surface area (Å²) in [6.45, 7) is 3.97. The normalized spacial score (nSPS) is 26.9. The average Bonchev–Trinajstić information content (AvgIpc) is 2.96. The fraction of sp³-hybridized carbons (Fsp3) is 0.462. The molecule has 0 aromatic heterocycles. The van der Waals surface area contributed by atoms with E-state index in [1.54, 1.807) is 0 Å². The molecule has 0 amide bonds. The fourth-order valence-corrected chi connectivity index (χ4v) is 2.50.